The van der Waals surface area contributed by atoms with Crippen LogP contribution in [-0.4, -0.2) is 31.5 Å². The molecule has 0 fully saturated rings. The van der Waals surface area contributed by atoms with Crippen molar-refractivity contribution in [2.45, 2.75) is 0 Å². The number of nitrogens with zero attached hydrogens (tertiary/aromatic N) is 2. The summed E-state index contributed by atoms with van der Waals surface area (Å²) in [7, 11) is 3.31. The predicted molar refractivity (Wildman–Crippen MR) is 38.4 cm³/mol. The zero-order valence-corrected chi connectivity index (χ0v) is 6.47. The van der Waals surface area contributed by atoms with E-state index in [2.05, 4.69) is 0 Å². The van der Waals surface area contributed by atoms with Gasteiger partial charge in [0.05, 0.1) is 0 Å². The van der Waals surface area contributed by atoms with Crippen LogP contribution in [0.4, 0.5) is 4.39 Å². The highest BCUT2D eigenvalue weighted by Crippen LogP contribution is 1.96. The van der Waals surface area contributed by atoms with E-state index in [9.17, 15) is 9.18 Å². The van der Waals surface area contributed by atoms with E-state index >= 15 is 0 Å². The summed E-state index contributed by atoms with van der Waals surface area (Å²) in [4.78, 5) is 12.1. The molecule has 0 aliphatic heterocycles. The highest BCUT2D eigenvalue weighted by molar-refractivity contribution is 5.99. The first-order chi connectivity index (χ1) is 5.11. The number of alkyl halides is 1. The number of halogens is 1. The smallest absolute Gasteiger partial charge is 0.205 e. The number of rotatable bonds is 3. The van der Waals surface area contributed by atoms with Crippen LogP contribution in [0, 0.1) is 11.3 Å². The monoisotopic (exact) mass is 156 g/mol. The van der Waals surface area contributed by atoms with Crippen LogP contribution in [0.2, 0.25) is 0 Å². The third kappa shape index (κ3) is 3.36. The lowest BCUT2D eigenvalue weighted by atomic mass is 10.2. The topological polar surface area (TPSA) is 44.1 Å². The normalized spacial score (nSPS) is 10.5. The standard InChI is InChI=1S/C7H9FN2O/c1-10(2)5-6(4-9)7(11)3-8/h5H,3H2,1-2H3/b6-5+. The fraction of sp³-hybridized carbons (Fsp3) is 0.429. The molecule has 0 bridgehead atoms. The van der Waals surface area contributed by atoms with Crippen LogP contribution in [-0.2, 0) is 4.79 Å². The number of hydrogen-bond acceptors (Lipinski definition) is 3. The van der Waals surface area contributed by atoms with Crippen LogP contribution < -0.4 is 0 Å². The summed E-state index contributed by atoms with van der Waals surface area (Å²) in [6, 6.07) is 1.61. The Kier molecular flexibility index (Phi) is 3.89. The lowest BCUT2D eigenvalue weighted by Crippen LogP contribution is -2.09. The van der Waals surface area contributed by atoms with Crippen molar-refractivity contribution in [1.82, 2.24) is 4.90 Å². The molecule has 0 aromatic carbocycles. The Morgan fingerprint density at radius 1 is 1.73 bits per heavy atom. The molecule has 4 heteroatoms. The van der Waals surface area contributed by atoms with Gasteiger partial charge in [-0.2, -0.15) is 5.26 Å². The van der Waals surface area contributed by atoms with Crippen molar-refractivity contribution in [3.8, 4) is 6.07 Å². The van der Waals surface area contributed by atoms with Gasteiger partial charge < -0.3 is 4.90 Å². The van der Waals surface area contributed by atoms with E-state index in [-0.39, 0.29) is 5.57 Å². The molecule has 0 aromatic rings. The van der Waals surface area contributed by atoms with Crippen molar-refractivity contribution in [3.05, 3.63) is 11.8 Å². The van der Waals surface area contributed by atoms with E-state index in [1.165, 1.54) is 11.1 Å². The molecule has 0 spiro atoms. The Balaban J connectivity index is 4.43. The minimum absolute atomic E-state index is 0.155. The van der Waals surface area contributed by atoms with Crippen LogP contribution in [0.5, 0.6) is 0 Å². The molecule has 0 N–H and O–H groups in total. The van der Waals surface area contributed by atoms with Gasteiger partial charge in [0.15, 0.2) is 6.67 Å². The van der Waals surface area contributed by atoms with Crippen molar-refractivity contribution in [2.24, 2.45) is 0 Å². The second-order valence-corrected chi connectivity index (χ2v) is 2.17. The summed E-state index contributed by atoms with van der Waals surface area (Å²) in [6.45, 7) is -1.12. The molecule has 0 amide bonds. The lowest BCUT2D eigenvalue weighted by Gasteiger charge is -2.03. The maximum atomic E-state index is 11.7. The van der Waals surface area contributed by atoms with E-state index in [0.717, 1.165) is 0 Å². The Labute approximate surface area is 64.7 Å². The van der Waals surface area contributed by atoms with Gasteiger partial charge in [0.25, 0.3) is 0 Å². The summed E-state index contributed by atoms with van der Waals surface area (Å²) >= 11 is 0. The molecule has 0 radical (unpaired) electrons. The molecule has 0 atom stereocenters. The van der Waals surface area contributed by atoms with Crippen molar-refractivity contribution in [3.63, 3.8) is 0 Å². The summed E-state index contributed by atoms with van der Waals surface area (Å²) in [5.74, 6) is -0.777. The van der Waals surface area contributed by atoms with Gasteiger partial charge in [0, 0.05) is 20.3 Å². The maximum Gasteiger partial charge on any atom is 0.205 e. The summed E-state index contributed by atoms with van der Waals surface area (Å²) in [6.07, 6.45) is 1.29. The third-order valence-corrected chi connectivity index (χ3v) is 0.930. The SMILES string of the molecule is CN(C)/C=C(\C#N)C(=O)CF. The van der Waals surface area contributed by atoms with Crippen molar-refractivity contribution in [1.29, 1.82) is 5.26 Å². The molecule has 0 unspecified atom stereocenters. The number of carbonyl (C=O) groups is 1. The molecule has 3 nitrogen and oxygen atoms in total. The lowest BCUT2D eigenvalue weighted by molar-refractivity contribution is -0.116. The minimum Gasteiger partial charge on any atom is -0.382 e. The Morgan fingerprint density at radius 2 is 2.27 bits per heavy atom. The quantitative estimate of drug-likeness (QED) is 0.441. The first-order valence-electron chi connectivity index (χ1n) is 2.99. The van der Waals surface area contributed by atoms with Gasteiger partial charge in [-0.1, -0.05) is 0 Å². The molecule has 0 aliphatic rings. The maximum absolute atomic E-state index is 11.7. The Bertz CT molecular complexity index is 215. The van der Waals surface area contributed by atoms with Crippen molar-refractivity contribution >= 4 is 5.78 Å². The summed E-state index contributed by atoms with van der Waals surface area (Å²) in [5, 5.41) is 8.34. The van der Waals surface area contributed by atoms with E-state index in [4.69, 9.17) is 5.26 Å². The van der Waals surface area contributed by atoms with Crippen LogP contribution in [0.15, 0.2) is 11.8 Å². The summed E-state index contributed by atoms with van der Waals surface area (Å²) in [5.41, 5.74) is -0.155. The number of hydrogen-bond donors (Lipinski definition) is 0. The van der Waals surface area contributed by atoms with Crippen LogP contribution in [0.3, 0.4) is 0 Å². The Hall–Kier alpha value is -1.37. The molecule has 0 saturated carbocycles. The van der Waals surface area contributed by atoms with Crippen LogP contribution in [0.1, 0.15) is 0 Å². The number of allylic oxidation sites excluding steroid dienone is 1. The molecular weight excluding hydrogens is 147 g/mol. The number of carbonyl (C=O) groups excluding carboxylic acids is 1. The largest absolute Gasteiger partial charge is 0.382 e. The summed E-state index contributed by atoms with van der Waals surface area (Å²) < 4.78 is 11.7. The average molecular weight is 156 g/mol. The van der Waals surface area contributed by atoms with Gasteiger partial charge in [-0.15, -0.1) is 0 Å². The van der Waals surface area contributed by atoms with Crippen molar-refractivity contribution in [2.75, 3.05) is 20.8 Å². The van der Waals surface area contributed by atoms with Gasteiger partial charge in [0.2, 0.25) is 5.78 Å². The van der Waals surface area contributed by atoms with E-state index in [1.54, 1.807) is 20.2 Å². The number of nitriles is 1. The molecule has 0 saturated heterocycles. The molecule has 0 aromatic heterocycles. The fourth-order valence-electron chi connectivity index (χ4n) is 0.493. The highest BCUT2D eigenvalue weighted by atomic mass is 19.1. The van der Waals surface area contributed by atoms with Gasteiger partial charge in [-0.05, 0) is 0 Å². The second kappa shape index (κ2) is 4.45. The average Bonchev–Trinajstić information content (AvgIpc) is 1.98. The van der Waals surface area contributed by atoms with Crippen LogP contribution >= 0.6 is 0 Å². The molecular formula is C7H9FN2O. The zero-order chi connectivity index (χ0) is 8.85. The first-order valence-corrected chi connectivity index (χ1v) is 2.99. The van der Waals surface area contributed by atoms with Gasteiger partial charge >= 0.3 is 0 Å². The van der Waals surface area contributed by atoms with E-state index < -0.39 is 12.5 Å². The van der Waals surface area contributed by atoms with E-state index in [1.807, 2.05) is 0 Å². The molecule has 0 aliphatic carbocycles. The Morgan fingerprint density at radius 3 is 2.55 bits per heavy atom. The van der Waals surface area contributed by atoms with Gasteiger partial charge in [0.1, 0.15) is 11.6 Å². The molecule has 11 heavy (non-hydrogen) atoms. The third-order valence-electron chi connectivity index (χ3n) is 0.930. The first kappa shape index (κ1) is 9.63. The van der Waals surface area contributed by atoms with Crippen molar-refractivity contribution < 1.29 is 9.18 Å². The molecule has 0 heterocycles. The van der Waals surface area contributed by atoms with Gasteiger partial charge in [-0.3, -0.25) is 4.79 Å². The second-order valence-electron chi connectivity index (χ2n) is 2.17. The minimum atomic E-state index is -1.12. The van der Waals surface area contributed by atoms with Crippen LogP contribution in [0.25, 0.3) is 0 Å². The molecule has 0 rings (SSSR count). The number of Topliss-reactive ketones (excluding diaryl/α,β-unsaturated/α-hetero) is 1. The molecule has 60 valence electrons. The number of ketones is 1. The highest BCUT2D eigenvalue weighted by Gasteiger charge is 2.07. The van der Waals surface area contributed by atoms with E-state index in [0.29, 0.717) is 0 Å². The predicted octanol–water partition coefficient (Wildman–Crippen LogP) is 0.494. The fourth-order valence-corrected chi connectivity index (χ4v) is 0.493. The van der Waals surface area contributed by atoms with Gasteiger partial charge in [-0.25, -0.2) is 4.39 Å². The zero-order valence-electron chi connectivity index (χ0n) is 6.47.